The number of carbonyl (C=O) groups excluding carboxylic acids is 1. The van der Waals surface area contributed by atoms with Gasteiger partial charge < -0.3 is 0 Å². The standard InChI is InChI=1S/C18H14ClN3O/c1-12-7-8-16-14(9-12)10-15(17(19)21-16)11-20-22-18(23)13-5-3-2-4-6-13/h2-11H,1H3,(H,22,23)/b20-11-. The van der Waals surface area contributed by atoms with Crippen molar-refractivity contribution in [3.63, 3.8) is 0 Å². The van der Waals surface area contributed by atoms with Crippen molar-refractivity contribution >= 4 is 34.6 Å². The summed E-state index contributed by atoms with van der Waals surface area (Å²) in [5.41, 5.74) is 5.64. The van der Waals surface area contributed by atoms with Gasteiger partial charge in [-0.2, -0.15) is 5.10 Å². The van der Waals surface area contributed by atoms with Crippen molar-refractivity contribution in [1.82, 2.24) is 10.4 Å². The van der Waals surface area contributed by atoms with Crippen molar-refractivity contribution < 1.29 is 4.79 Å². The first-order valence-corrected chi connectivity index (χ1v) is 7.46. The molecule has 0 aliphatic carbocycles. The quantitative estimate of drug-likeness (QED) is 0.450. The minimum absolute atomic E-state index is 0.275. The fourth-order valence-corrected chi connectivity index (χ4v) is 2.39. The van der Waals surface area contributed by atoms with Gasteiger partial charge in [0.15, 0.2) is 0 Å². The molecule has 23 heavy (non-hydrogen) atoms. The lowest BCUT2D eigenvalue weighted by Gasteiger charge is -2.03. The van der Waals surface area contributed by atoms with Crippen LogP contribution in [0.1, 0.15) is 21.5 Å². The molecule has 0 saturated heterocycles. The summed E-state index contributed by atoms with van der Waals surface area (Å²) < 4.78 is 0. The maximum absolute atomic E-state index is 11.9. The third kappa shape index (κ3) is 3.55. The number of benzene rings is 2. The fraction of sp³-hybridized carbons (Fsp3) is 0.0556. The van der Waals surface area contributed by atoms with Crippen LogP contribution in [0.4, 0.5) is 0 Å². The molecule has 0 saturated carbocycles. The number of nitrogens with zero attached hydrogens (tertiary/aromatic N) is 2. The predicted octanol–water partition coefficient (Wildman–Crippen LogP) is 3.96. The summed E-state index contributed by atoms with van der Waals surface area (Å²) in [7, 11) is 0. The number of rotatable bonds is 3. The molecule has 3 aromatic rings. The largest absolute Gasteiger partial charge is 0.271 e. The van der Waals surface area contributed by atoms with Crippen LogP contribution in [0.25, 0.3) is 10.9 Å². The van der Waals surface area contributed by atoms with Crippen LogP contribution in [-0.2, 0) is 0 Å². The second-order valence-electron chi connectivity index (χ2n) is 5.13. The summed E-state index contributed by atoms with van der Waals surface area (Å²) in [6.45, 7) is 2.02. The number of aromatic nitrogens is 1. The van der Waals surface area contributed by atoms with Crippen LogP contribution in [0.15, 0.2) is 59.7 Å². The van der Waals surface area contributed by atoms with Gasteiger partial charge in [-0.1, -0.05) is 41.4 Å². The van der Waals surface area contributed by atoms with E-state index in [0.717, 1.165) is 16.5 Å². The molecule has 1 amide bonds. The normalized spacial score (nSPS) is 11.0. The average molecular weight is 324 g/mol. The van der Waals surface area contributed by atoms with E-state index >= 15 is 0 Å². The van der Waals surface area contributed by atoms with E-state index in [9.17, 15) is 4.79 Å². The zero-order valence-corrected chi connectivity index (χ0v) is 13.2. The molecule has 5 heteroatoms. The maximum atomic E-state index is 11.9. The van der Waals surface area contributed by atoms with E-state index in [0.29, 0.717) is 16.3 Å². The molecular formula is C18H14ClN3O. The van der Waals surface area contributed by atoms with Crippen LogP contribution in [0.3, 0.4) is 0 Å². The number of hydrogen-bond acceptors (Lipinski definition) is 3. The second kappa shape index (κ2) is 6.58. The van der Waals surface area contributed by atoms with Gasteiger partial charge in [0.2, 0.25) is 0 Å². The van der Waals surface area contributed by atoms with Gasteiger partial charge in [-0.25, -0.2) is 10.4 Å². The van der Waals surface area contributed by atoms with E-state index < -0.39 is 0 Å². The van der Waals surface area contributed by atoms with Gasteiger partial charge in [-0.15, -0.1) is 0 Å². The molecule has 114 valence electrons. The van der Waals surface area contributed by atoms with E-state index in [1.165, 1.54) is 6.21 Å². The smallest absolute Gasteiger partial charge is 0.267 e. The SMILES string of the molecule is Cc1ccc2nc(Cl)c(/C=N\NC(=O)c3ccccc3)cc2c1. The van der Waals surface area contributed by atoms with E-state index in [1.807, 2.05) is 37.3 Å². The van der Waals surface area contributed by atoms with Crippen LogP contribution in [0.5, 0.6) is 0 Å². The van der Waals surface area contributed by atoms with Gasteiger partial charge in [0.25, 0.3) is 5.91 Å². The Labute approximate surface area is 138 Å². The molecule has 0 unspecified atom stereocenters. The van der Waals surface area contributed by atoms with Crippen LogP contribution in [0, 0.1) is 6.92 Å². The average Bonchev–Trinajstić information content (AvgIpc) is 2.56. The van der Waals surface area contributed by atoms with Gasteiger partial charge in [0.05, 0.1) is 11.7 Å². The summed E-state index contributed by atoms with van der Waals surface area (Å²) in [5.74, 6) is -0.275. The van der Waals surface area contributed by atoms with Crippen molar-refractivity contribution in [1.29, 1.82) is 0 Å². The number of hydrazone groups is 1. The van der Waals surface area contributed by atoms with Crippen molar-refractivity contribution in [3.8, 4) is 0 Å². The highest BCUT2D eigenvalue weighted by molar-refractivity contribution is 6.32. The number of fused-ring (bicyclic) bond motifs is 1. The van der Waals surface area contributed by atoms with Crippen LogP contribution >= 0.6 is 11.6 Å². The summed E-state index contributed by atoms with van der Waals surface area (Å²) >= 11 is 6.16. The zero-order valence-electron chi connectivity index (χ0n) is 12.5. The van der Waals surface area contributed by atoms with Gasteiger partial charge >= 0.3 is 0 Å². The van der Waals surface area contributed by atoms with Gasteiger partial charge in [0, 0.05) is 16.5 Å². The highest BCUT2D eigenvalue weighted by Crippen LogP contribution is 2.20. The lowest BCUT2D eigenvalue weighted by atomic mass is 10.1. The van der Waals surface area contributed by atoms with E-state index in [-0.39, 0.29) is 5.91 Å². The Hall–Kier alpha value is -2.72. The van der Waals surface area contributed by atoms with Crippen LogP contribution in [-0.4, -0.2) is 17.1 Å². The number of amides is 1. The molecule has 0 aliphatic rings. The van der Waals surface area contributed by atoms with E-state index in [2.05, 4.69) is 15.5 Å². The first kappa shape index (κ1) is 15.2. The highest BCUT2D eigenvalue weighted by atomic mass is 35.5. The molecule has 0 bridgehead atoms. The number of aryl methyl sites for hydroxylation is 1. The van der Waals surface area contributed by atoms with Crippen molar-refractivity contribution in [3.05, 3.63) is 76.4 Å². The maximum Gasteiger partial charge on any atom is 0.271 e. The summed E-state index contributed by atoms with van der Waals surface area (Å²) in [5, 5.41) is 5.28. The Kier molecular flexibility index (Phi) is 4.35. The van der Waals surface area contributed by atoms with E-state index in [1.54, 1.807) is 24.3 Å². The zero-order chi connectivity index (χ0) is 16.2. The number of hydrogen-bond donors (Lipinski definition) is 1. The lowest BCUT2D eigenvalue weighted by molar-refractivity contribution is 0.0955. The Bertz CT molecular complexity index is 891. The molecule has 2 aromatic carbocycles. The predicted molar refractivity (Wildman–Crippen MR) is 93.0 cm³/mol. The Morgan fingerprint density at radius 1 is 1.17 bits per heavy atom. The Balaban J connectivity index is 1.80. The number of nitrogens with one attached hydrogen (secondary N) is 1. The fourth-order valence-electron chi connectivity index (χ4n) is 2.19. The van der Waals surface area contributed by atoms with Crippen molar-refractivity contribution in [2.24, 2.45) is 5.10 Å². The third-order valence-corrected chi connectivity index (χ3v) is 3.66. The Morgan fingerprint density at radius 2 is 1.96 bits per heavy atom. The van der Waals surface area contributed by atoms with Crippen molar-refractivity contribution in [2.75, 3.05) is 0 Å². The minimum atomic E-state index is -0.275. The number of pyridine rings is 1. The lowest BCUT2D eigenvalue weighted by Crippen LogP contribution is -2.17. The molecule has 0 fully saturated rings. The summed E-state index contributed by atoms with van der Waals surface area (Å²) in [6.07, 6.45) is 1.50. The molecule has 1 heterocycles. The molecule has 4 nitrogen and oxygen atoms in total. The third-order valence-electron chi connectivity index (χ3n) is 3.36. The van der Waals surface area contributed by atoms with Crippen molar-refractivity contribution in [2.45, 2.75) is 6.92 Å². The Morgan fingerprint density at radius 3 is 2.74 bits per heavy atom. The molecule has 0 radical (unpaired) electrons. The highest BCUT2D eigenvalue weighted by Gasteiger charge is 2.05. The molecular weight excluding hydrogens is 310 g/mol. The topological polar surface area (TPSA) is 54.4 Å². The van der Waals surface area contributed by atoms with Crippen LogP contribution in [0.2, 0.25) is 5.15 Å². The van der Waals surface area contributed by atoms with Gasteiger partial charge in [0.1, 0.15) is 5.15 Å². The molecule has 0 aliphatic heterocycles. The monoisotopic (exact) mass is 323 g/mol. The number of carbonyl (C=O) groups is 1. The van der Waals surface area contributed by atoms with E-state index in [4.69, 9.17) is 11.6 Å². The second-order valence-corrected chi connectivity index (χ2v) is 5.49. The summed E-state index contributed by atoms with van der Waals surface area (Å²) in [4.78, 5) is 16.2. The van der Waals surface area contributed by atoms with Crippen LogP contribution < -0.4 is 5.43 Å². The minimum Gasteiger partial charge on any atom is -0.267 e. The molecule has 0 atom stereocenters. The first-order chi connectivity index (χ1) is 11.1. The number of halogens is 1. The van der Waals surface area contributed by atoms with Gasteiger partial charge in [-0.3, -0.25) is 4.79 Å². The summed E-state index contributed by atoms with van der Waals surface area (Å²) in [6, 6.07) is 16.7. The molecule has 3 rings (SSSR count). The molecule has 0 spiro atoms. The molecule has 1 aromatic heterocycles. The van der Waals surface area contributed by atoms with Gasteiger partial charge in [-0.05, 0) is 37.3 Å². The first-order valence-electron chi connectivity index (χ1n) is 7.09. The molecule has 1 N–H and O–H groups in total.